The van der Waals surface area contributed by atoms with Gasteiger partial charge in [-0.2, -0.15) is 26.3 Å². The lowest BCUT2D eigenvalue weighted by atomic mass is 10.1. The van der Waals surface area contributed by atoms with Crippen molar-refractivity contribution in [3.63, 3.8) is 0 Å². The predicted molar refractivity (Wildman–Crippen MR) is 89.1 cm³/mol. The highest BCUT2D eigenvalue weighted by molar-refractivity contribution is 7.99. The molecule has 2 aromatic rings. The summed E-state index contributed by atoms with van der Waals surface area (Å²) in [6, 6.07) is 8.44. The van der Waals surface area contributed by atoms with Gasteiger partial charge in [0.15, 0.2) is 0 Å². The van der Waals surface area contributed by atoms with E-state index in [0.29, 0.717) is 17.9 Å². The summed E-state index contributed by atoms with van der Waals surface area (Å²) in [5.74, 6) is 0.122. The Kier molecular flexibility index (Phi) is 5.16. The molecule has 2 nitrogen and oxygen atoms in total. The van der Waals surface area contributed by atoms with Gasteiger partial charge in [-0.3, -0.25) is 4.79 Å². The second-order valence-electron chi connectivity index (χ2n) is 5.92. The average Bonchev–Trinajstić information content (AvgIpc) is 3.09. The third-order valence-corrected chi connectivity index (χ3v) is 5.39. The lowest BCUT2D eigenvalue weighted by molar-refractivity contribution is -0.138. The summed E-state index contributed by atoms with van der Waals surface area (Å²) < 4.78 is 76.0. The van der Waals surface area contributed by atoms with Crippen LogP contribution in [-0.2, 0) is 12.4 Å². The number of amides is 1. The molecule has 1 aliphatic rings. The second-order valence-corrected chi connectivity index (χ2v) is 7.10. The number of carbonyl (C=O) groups excluding carboxylic acids is 1. The summed E-state index contributed by atoms with van der Waals surface area (Å²) in [6.07, 6.45) is -8.94. The van der Waals surface area contributed by atoms with Gasteiger partial charge in [0, 0.05) is 17.9 Å². The molecule has 1 aliphatic heterocycles. The number of alkyl halides is 6. The quantitative estimate of drug-likeness (QED) is 0.605. The molecule has 0 aliphatic carbocycles. The highest BCUT2D eigenvalue weighted by atomic mass is 32.2. The van der Waals surface area contributed by atoms with Crippen LogP contribution < -0.4 is 0 Å². The minimum atomic E-state index is -4.49. The van der Waals surface area contributed by atoms with Crippen LogP contribution in [0.25, 0.3) is 0 Å². The topological polar surface area (TPSA) is 20.3 Å². The molecule has 0 N–H and O–H groups in total. The van der Waals surface area contributed by atoms with Gasteiger partial charge in [-0.1, -0.05) is 12.1 Å². The maximum atomic E-state index is 12.7. The Labute approximate surface area is 155 Å². The second kappa shape index (κ2) is 7.10. The number of rotatable bonds is 2. The van der Waals surface area contributed by atoms with Crippen LogP contribution in [0.5, 0.6) is 0 Å². The molecule has 0 saturated carbocycles. The summed E-state index contributed by atoms with van der Waals surface area (Å²) in [5.41, 5.74) is -1.00. The molecule has 1 heterocycles. The van der Waals surface area contributed by atoms with E-state index in [9.17, 15) is 31.1 Å². The largest absolute Gasteiger partial charge is 0.416 e. The van der Waals surface area contributed by atoms with Gasteiger partial charge in [-0.15, -0.1) is 11.8 Å². The monoisotopic (exact) mass is 405 g/mol. The van der Waals surface area contributed by atoms with Gasteiger partial charge >= 0.3 is 12.4 Å². The van der Waals surface area contributed by atoms with Crippen LogP contribution in [-0.4, -0.2) is 23.1 Å². The number of thioether (sulfide) groups is 1. The van der Waals surface area contributed by atoms with E-state index in [2.05, 4.69) is 0 Å². The SMILES string of the molecule is O=C(c1ccc(C(F)(F)F)cc1)N1CCSC1c1ccc(C(F)(F)F)cc1. The van der Waals surface area contributed by atoms with Crippen molar-refractivity contribution in [3.8, 4) is 0 Å². The Bertz CT molecular complexity index is 814. The number of nitrogens with zero attached hydrogens (tertiary/aromatic N) is 1. The molecule has 3 rings (SSSR count). The van der Waals surface area contributed by atoms with Gasteiger partial charge < -0.3 is 4.90 Å². The predicted octanol–water partition coefficient (Wildman–Crippen LogP) is 5.61. The maximum absolute atomic E-state index is 12.7. The Morgan fingerprint density at radius 1 is 0.852 bits per heavy atom. The van der Waals surface area contributed by atoms with Gasteiger partial charge in [0.25, 0.3) is 5.91 Å². The van der Waals surface area contributed by atoms with E-state index in [4.69, 9.17) is 0 Å². The van der Waals surface area contributed by atoms with Crippen LogP contribution in [0.3, 0.4) is 0 Å². The lowest BCUT2D eigenvalue weighted by Gasteiger charge is -2.24. The molecule has 0 spiro atoms. The summed E-state index contributed by atoms with van der Waals surface area (Å²) in [7, 11) is 0. The molecule has 2 aromatic carbocycles. The van der Waals surface area contributed by atoms with Crippen LogP contribution in [0.4, 0.5) is 26.3 Å². The molecular formula is C18H13F6NOS. The van der Waals surface area contributed by atoms with Crippen LogP contribution >= 0.6 is 11.8 Å². The summed E-state index contributed by atoms with van der Waals surface area (Å²) in [5, 5.41) is -0.484. The van der Waals surface area contributed by atoms with Crippen molar-refractivity contribution in [1.29, 1.82) is 0 Å². The number of benzene rings is 2. The van der Waals surface area contributed by atoms with E-state index in [1.165, 1.54) is 28.8 Å². The van der Waals surface area contributed by atoms with Gasteiger partial charge in [0.2, 0.25) is 0 Å². The molecule has 1 amide bonds. The molecule has 144 valence electrons. The van der Waals surface area contributed by atoms with E-state index in [-0.39, 0.29) is 5.56 Å². The normalized spacial score (nSPS) is 18.0. The fraction of sp³-hybridized carbons (Fsp3) is 0.278. The van der Waals surface area contributed by atoms with Crippen molar-refractivity contribution in [2.24, 2.45) is 0 Å². The van der Waals surface area contributed by atoms with Crippen LogP contribution in [0.2, 0.25) is 0 Å². The van der Waals surface area contributed by atoms with E-state index in [1.807, 2.05) is 0 Å². The van der Waals surface area contributed by atoms with E-state index < -0.39 is 34.8 Å². The number of carbonyl (C=O) groups is 1. The Hall–Kier alpha value is -2.16. The molecular weight excluding hydrogens is 392 g/mol. The number of halogens is 6. The fourth-order valence-electron chi connectivity index (χ4n) is 2.76. The Balaban J connectivity index is 1.80. The van der Waals surface area contributed by atoms with Crippen molar-refractivity contribution >= 4 is 17.7 Å². The van der Waals surface area contributed by atoms with E-state index in [0.717, 1.165) is 36.4 Å². The van der Waals surface area contributed by atoms with Gasteiger partial charge in [-0.25, -0.2) is 0 Å². The van der Waals surface area contributed by atoms with Crippen LogP contribution in [0.15, 0.2) is 48.5 Å². The molecule has 1 saturated heterocycles. The zero-order valence-electron chi connectivity index (χ0n) is 13.6. The van der Waals surface area contributed by atoms with Gasteiger partial charge in [0.05, 0.1) is 11.1 Å². The van der Waals surface area contributed by atoms with Gasteiger partial charge in [-0.05, 0) is 42.0 Å². The van der Waals surface area contributed by atoms with Crippen molar-refractivity contribution < 1.29 is 31.1 Å². The first-order valence-corrected chi connectivity index (χ1v) is 8.89. The first-order valence-electron chi connectivity index (χ1n) is 7.84. The molecule has 1 fully saturated rings. The minimum absolute atomic E-state index is 0.0995. The van der Waals surface area contributed by atoms with Crippen molar-refractivity contribution in [1.82, 2.24) is 4.90 Å². The molecule has 9 heteroatoms. The molecule has 0 radical (unpaired) electrons. The van der Waals surface area contributed by atoms with E-state index in [1.54, 1.807) is 0 Å². The zero-order valence-corrected chi connectivity index (χ0v) is 14.5. The first-order chi connectivity index (χ1) is 12.6. The Morgan fingerprint density at radius 3 is 1.81 bits per heavy atom. The molecule has 1 unspecified atom stereocenters. The zero-order chi connectivity index (χ0) is 19.8. The fourth-order valence-corrected chi connectivity index (χ4v) is 4.01. The molecule has 0 bridgehead atoms. The minimum Gasteiger partial charge on any atom is -0.322 e. The first kappa shape index (κ1) is 19.6. The molecule has 27 heavy (non-hydrogen) atoms. The van der Waals surface area contributed by atoms with Gasteiger partial charge in [0.1, 0.15) is 5.37 Å². The summed E-state index contributed by atoms with van der Waals surface area (Å²) in [6.45, 7) is 0.357. The molecule has 1 atom stereocenters. The highest BCUT2D eigenvalue weighted by Crippen LogP contribution is 2.40. The van der Waals surface area contributed by atoms with Crippen molar-refractivity contribution in [2.45, 2.75) is 17.7 Å². The third kappa shape index (κ3) is 4.23. The lowest BCUT2D eigenvalue weighted by Crippen LogP contribution is -2.30. The average molecular weight is 405 g/mol. The maximum Gasteiger partial charge on any atom is 0.416 e. The van der Waals surface area contributed by atoms with E-state index >= 15 is 0 Å². The highest BCUT2D eigenvalue weighted by Gasteiger charge is 2.34. The summed E-state index contributed by atoms with van der Waals surface area (Å²) in [4.78, 5) is 14.1. The van der Waals surface area contributed by atoms with Crippen LogP contribution in [0, 0.1) is 0 Å². The number of hydrogen-bond acceptors (Lipinski definition) is 2. The summed E-state index contributed by atoms with van der Waals surface area (Å²) >= 11 is 1.39. The molecule has 0 aromatic heterocycles. The standard InChI is InChI=1S/C18H13F6NOS/c19-17(20,21)13-5-1-11(2-6-13)15(26)25-9-10-27-16(25)12-3-7-14(8-4-12)18(22,23)24/h1-8,16H,9-10H2. The van der Waals surface area contributed by atoms with Crippen molar-refractivity contribution in [2.75, 3.05) is 12.3 Å². The van der Waals surface area contributed by atoms with Crippen LogP contribution in [0.1, 0.15) is 32.4 Å². The van der Waals surface area contributed by atoms with Crippen molar-refractivity contribution in [3.05, 3.63) is 70.8 Å². The Morgan fingerprint density at radius 2 is 1.33 bits per heavy atom. The smallest absolute Gasteiger partial charge is 0.322 e. The number of hydrogen-bond donors (Lipinski definition) is 0. The third-order valence-electron chi connectivity index (χ3n) is 4.13.